The zero-order valence-corrected chi connectivity index (χ0v) is 12.2. The summed E-state index contributed by atoms with van der Waals surface area (Å²) in [4.78, 5) is 10.8. The van der Waals surface area contributed by atoms with Crippen molar-refractivity contribution in [2.45, 2.75) is 38.8 Å². The molecule has 1 fully saturated rings. The van der Waals surface area contributed by atoms with Gasteiger partial charge in [0.2, 0.25) is 0 Å². The van der Waals surface area contributed by atoms with E-state index >= 15 is 0 Å². The highest BCUT2D eigenvalue weighted by molar-refractivity contribution is 5.88. The normalized spacial score (nSPS) is 25.0. The Morgan fingerprint density at radius 2 is 2.00 bits per heavy atom. The van der Waals surface area contributed by atoms with E-state index in [1.807, 2.05) is 0 Å². The van der Waals surface area contributed by atoms with Crippen LogP contribution in [0.1, 0.15) is 37.0 Å². The van der Waals surface area contributed by atoms with E-state index in [9.17, 15) is 9.18 Å². The van der Waals surface area contributed by atoms with Gasteiger partial charge in [0.05, 0.1) is 12.2 Å². The number of halogens is 1. The summed E-state index contributed by atoms with van der Waals surface area (Å²) in [5, 5.41) is 8.88. The lowest BCUT2D eigenvalue weighted by Gasteiger charge is -2.17. The van der Waals surface area contributed by atoms with Gasteiger partial charge in [-0.15, -0.1) is 0 Å². The fourth-order valence-corrected chi connectivity index (χ4v) is 2.66. The molecule has 21 heavy (non-hydrogen) atoms. The van der Waals surface area contributed by atoms with Crippen molar-refractivity contribution in [2.24, 2.45) is 5.92 Å². The third-order valence-electron chi connectivity index (χ3n) is 3.94. The van der Waals surface area contributed by atoms with E-state index in [1.165, 1.54) is 12.1 Å². The van der Waals surface area contributed by atoms with E-state index in [0.717, 1.165) is 18.9 Å². The Morgan fingerprint density at radius 1 is 1.33 bits per heavy atom. The maximum atomic E-state index is 13.5. The quantitative estimate of drug-likeness (QED) is 0.702. The third-order valence-corrected chi connectivity index (χ3v) is 3.94. The largest absolute Gasteiger partial charge is 0.490 e. The van der Waals surface area contributed by atoms with E-state index in [2.05, 4.69) is 24.7 Å². The minimum absolute atomic E-state index is 0.00123. The average molecular weight is 296 g/mol. The summed E-state index contributed by atoms with van der Waals surface area (Å²) in [5.74, 6) is -1.13. The van der Waals surface area contributed by atoms with Crippen molar-refractivity contribution in [1.29, 1.82) is 0 Å². The molecule has 1 saturated heterocycles. The van der Waals surface area contributed by atoms with Crippen LogP contribution in [0.4, 0.5) is 4.39 Å². The zero-order valence-electron chi connectivity index (χ0n) is 12.2. The number of benzene rings is 1. The first kappa shape index (κ1) is 15.7. The molecule has 2 rings (SSSR count). The summed E-state index contributed by atoms with van der Waals surface area (Å²) in [6.45, 7) is 4.62. The highest BCUT2D eigenvalue weighted by Crippen LogP contribution is 2.22. The molecule has 1 heterocycles. The molecule has 116 valence electrons. The standard InChI is InChI=1S/C15H21FN2O3/c1-9-12(10(2)18-17-9)4-3-7-21-14-8-11(15(19)20)5-6-13(14)16/h5-6,8-10,12,17-18H,3-4,7H2,1-2H3,(H,19,20). The Morgan fingerprint density at radius 3 is 2.62 bits per heavy atom. The Hall–Kier alpha value is -1.66. The molecule has 0 saturated carbocycles. The van der Waals surface area contributed by atoms with Gasteiger partial charge in [-0.25, -0.2) is 9.18 Å². The first-order valence-electron chi connectivity index (χ1n) is 7.15. The molecule has 0 spiro atoms. The molecule has 2 atom stereocenters. The molecule has 2 unspecified atom stereocenters. The van der Waals surface area contributed by atoms with Gasteiger partial charge in [0, 0.05) is 12.1 Å². The Kier molecular flexibility index (Phi) is 5.14. The SMILES string of the molecule is CC1NNC(C)C1CCCOc1cc(C(=O)O)ccc1F. The van der Waals surface area contributed by atoms with Gasteiger partial charge in [0.15, 0.2) is 11.6 Å². The second-order valence-corrected chi connectivity index (χ2v) is 5.47. The van der Waals surface area contributed by atoms with Crippen LogP contribution in [0.5, 0.6) is 5.75 Å². The smallest absolute Gasteiger partial charge is 0.335 e. The summed E-state index contributed by atoms with van der Waals surface area (Å²) < 4.78 is 18.9. The summed E-state index contributed by atoms with van der Waals surface area (Å²) in [6, 6.07) is 4.36. The minimum atomic E-state index is -1.09. The van der Waals surface area contributed by atoms with Gasteiger partial charge in [0.1, 0.15) is 0 Å². The molecule has 0 bridgehead atoms. The predicted octanol–water partition coefficient (Wildman–Crippen LogP) is 2.18. The predicted molar refractivity (Wildman–Crippen MR) is 76.8 cm³/mol. The van der Waals surface area contributed by atoms with E-state index in [4.69, 9.17) is 9.84 Å². The maximum absolute atomic E-state index is 13.5. The molecule has 1 aromatic carbocycles. The van der Waals surface area contributed by atoms with Gasteiger partial charge in [-0.2, -0.15) is 0 Å². The topological polar surface area (TPSA) is 70.6 Å². The van der Waals surface area contributed by atoms with Crippen LogP contribution < -0.4 is 15.6 Å². The first-order chi connectivity index (χ1) is 9.99. The number of rotatable bonds is 6. The van der Waals surface area contributed by atoms with Gasteiger partial charge in [-0.05, 0) is 50.8 Å². The molecule has 0 aliphatic carbocycles. The first-order valence-corrected chi connectivity index (χ1v) is 7.15. The number of ether oxygens (including phenoxy) is 1. The van der Waals surface area contributed by atoms with Crippen molar-refractivity contribution in [1.82, 2.24) is 10.9 Å². The van der Waals surface area contributed by atoms with Crippen LogP contribution in [0.2, 0.25) is 0 Å². The van der Waals surface area contributed by atoms with Crippen LogP contribution in [-0.4, -0.2) is 29.8 Å². The lowest BCUT2D eigenvalue weighted by Crippen LogP contribution is -2.30. The fourth-order valence-electron chi connectivity index (χ4n) is 2.66. The van der Waals surface area contributed by atoms with Crippen LogP contribution in [0.15, 0.2) is 18.2 Å². The number of hydrazine groups is 1. The Labute approximate surface area is 123 Å². The highest BCUT2D eigenvalue weighted by Gasteiger charge is 2.28. The van der Waals surface area contributed by atoms with Crippen LogP contribution >= 0.6 is 0 Å². The second-order valence-electron chi connectivity index (χ2n) is 5.47. The molecule has 1 aliphatic heterocycles. The second kappa shape index (κ2) is 6.87. The van der Waals surface area contributed by atoms with Gasteiger partial charge >= 0.3 is 5.97 Å². The molecule has 1 aromatic rings. The van der Waals surface area contributed by atoms with Crippen molar-refractivity contribution in [3.05, 3.63) is 29.6 Å². The number of carbonyl (C=O) groups is 1. The van der Waals surface area contributed by atoms with Gasteiger partial charge < -0.3 is 9.84 Å². The molecule has 0 aromatic heterocycles. The number of hydrogen-bond donors (Lipinski definition) is 3. The average Bonchev–Trinajstić information content (AvgIpc) is 2.76. The molecule has 6 heteroatoms. The summed E-state index contributed by atoms with van der Waals surface area (Å²) in [5.41, 5.74) is 6.41. The summed E-state index contributed by atoms with van der Waals surface area (Å²) in [7, 11) is 0. The third kappa shape index (κ3) is 3.92. The molecular weight excluding hydrogens is 275 g/mol. The van der Waals surface area contributed by atoms with Crippen molar-refractivity contribution in [2.75, 3.05) is 6.61 Å². The molecule has 5 nitrogen and oxygen atoms in total. The molecule has 1 aliphatic rings. The minimum Gasteiger partial charge on any atom is -0.490 e. The highest BCUT2D eigenvalue weighted by atomic mass is 19.1. The van der Waals surface area contributed by atoms with Crippen molar-refractivity contribution < 1.29 is 19.0 Å². The fraction of sp³-hybridized carbons (Fsp3) is 0.533. The maximum Gasteiger partial charge on any atom is 0.335 e. The van der Waals surface area contributed by atoms with Crippen molar-refractivity contribution in [3.63, 3.8) is 0 Å². The molecule has 0 amide bonds. The van der Waals surface area contributed by atoms with Crippen LogP contribution in [-0.2, 0) is 0 Å². The van der Waals surface area contributed by atoms with Crippen LogP contribution in [0.3, 0.4) is 0 Å². The lowest BCUT2D eigenvalue weighted by atomic mass is 9.92. The van der Waals surface area contributed by atoms with E-state index in [1.54, 1.807) is 0 Å². The summed E-state index contributed by atoms with van der Waals surface area (Å²) >= 11 is 0. The number of aromatic carboxylic acids is 1. The van der Waals surface area contributed by atoms with Crippen LogP contribution in [0, 0.1) is 11.7 Å². The number of carboxylic acid groups (broad SMARTS) is 1. The Balaban J connectivity index is 1.83. The van der Waals surface area contributed by atoms with E-state index in [-0.39, 0.29) is 11.3 Å². The molecule has 3 N–H and O–H groups in total. The summed E-state index contributed by atoms with van der Waals surface area (Å²) in [6.07, 6.45) is 1.75. The monoisotopic (exact) mass is 296 g/mol. The number of carboxylic acids is 1. The molecule has 0 radical (unpaired) electrons. The Bertz CT molecular complexity index is 500. The van der Waals surface area contributed by atoms with Gasteiger partial charge in [-0.1, -0.05) is 0 Å². The van der Waals surface area contributed by atoms with Gasteiger partial charge in [0.25, 0.3) is 0 Å². The lowest BCUT2D eigenvalue weighted by molar-refractivity contribution is 0.0696. The molecular formula is C15H21FN2O3. The number of nitrogens with one attached hydrogen (secondary N) is 2. The number of hydrogen-bond acceptors (Lipinski definition) is 4. The van der Waals surface area contributed by atoms with Gasteiger partial charge in [-0.3, -0.25) is 10.9 Å². The van der Waals surface area contributed by atoms with Crippen molar-refractivity contribution >= 4 is 5.97 Å². The van der Waals surface area contributed by atoms with Crippen molar-refractivity contribution in [3.8, 4) is 5.75 Å². The zero-order chi connectivity index (χ0) is 15.4. The van der Waals surface area contributed by atoms with E-state index in [0.29, 0.717) is 24.6 Å². The van der Waals surface area contributed by atoms with Crippen LogP contribution in [0.25, 0.3) is 0 Å². The van der Waals surface area contributed by atoms with E-state index < -0.39 is 11.8 Å².